The number of tetrazole rings is 2. The van der Waals surface area contributed by atoms with Gasteiger partial charge in [-0.1, -0.05) is 26.2 Å². The second-order valence-corrected chi connectivity index (χ2v) is 8.38. The van der Waals surface area contributed by atoms with Crippen LogP contribution in [0.3, 0.4) is 0 Å². The molecule has 184 valence electrons. The average Bonchev–Trinajstić information content (AvgIpc) is 3.50. The molecule has 11 heteroatoms. The molecule has 34 heavy (non-hydrogen) atoms. The smallest absolute Gasteiger partial charge is 0.163 e. The van der Waals surface area contributed by atoms with Gasteiger partial charge in [-0.05, 0) is 72.0 Å². The van der Waals surface area contributed by atoms with Gasteiger partial charge in [-0.25, -0.2) is 9.78 Å². The van der Waals surface area contributed by atoms with Crippen molar-refractivity contribution in [1.82, 2.24) is 40.8 Å². The molecule has 0 amide bonds. The summed E-state index contributed by atoms with van der Waals surface area (Å²) in [6.07, 6.45) is 9.15. The van der Waals surface area contributed by atoms with E-state index in [2.05, 4.69) is 36.1 Å². The number of ether oxygens (including phenoxy) is 1. The molecule has 3 aromatic rings. The number of aromatic amines is 1. The van der Waals surface area contributed by atoms with Gasteiger partial charge in [0.1, 0.15) is 17.3 Å². The summed E-state index contributed by atoms with van der Waals surface area (Å²) in [4.78, 5) is 11.7. The maximum absolute atomic E-state index is 11.7. The molecule has 0 spiro atoms. The van der Waals surface area contributed by atoms with E-state index in [4.69, 9.17) is 4.74 Å². The molecule has 2 N–H and O–H groups in total. The molecule has 0 fully saturated rings. The molecule has 0 unspecified atom stereocenters. The molecule has 0 atom stereocenters. The zero-order valence-corrected chi connectivity index (χ0v) is 20.0. The molecule has 2 aromatic heterocycles. The minimum atomic E-state index is -0.142. The second-order valence-electron chi connectivity index (χ2n) is 8.38. The van der Waals surface area contributed by atoms with Gasteiger partial charge in [-0.15, -0.1) is 10.2 Å². The zero-order valence-electron chi connectivity index (χ0n) is 20.0. The fourth-order valence-corrected chi connectivity index (χ4v) is 3.86. The van der Waals surface area contributed by atoms with Gasteiger partial charge < -0.3 is 9.84 Å². The van der Waals surface area contributed by atoms with Crippen molar-refractivity contribution in [2.75, 3.05) is 6.61 Å². The van der Waals surface area contributed by atoms with E-state index >= 15 is 0 Å². The summed E-state index contributed by atoms with van der Waals surface area (Å²) in [6, 6.07) is 3.44. The van der Waals surface area contributed by atoms with E-state index in [0.29, 0.717) is 24.3 Å². The van der Waals surface area contributed by atoms with Crippen molar-refractivity contribution in [1.29, 1.82) is 0 Å². The number of Topliss-reactive ketones (excluding diaryl/α,β-unsaturated/α-hetero) is 1. The lowest BCUT2D eigenvalue weighted by Crippen LogP contribution is -2.07. The lowest BCUT2D eigenvalue weighted by atomic mass is 10.0. The van der Waals surface area contributed by atoms with Crippen LogP contribution in [0.15, 0.2) is 12.1 Å². The van der Waals surface area contributed by atoms with Crippen LogP contribution in [-0.4, -0.2) is 58.3 Å². The van der Waals surface area contributed by atoms with Crippen LogP contribution < -0.4 is 4.74 Å². The number of aryl methyl sites for hydroxylation is 3. The molecule has 0 saturated heterocycles. The number of unbranched alkanes of at least 4 members (excludes halogenated alkanes) is 4. The van der Waals surface area contributed by atoms with Gasteiger partial charge in [0.15, 0.2) is 11.6 Å². The molecule has 0 aliphatic carbocycles. The largest absolute Gasteiger partial charge is 0.507 e. The van der Waals surface area contributed by atoms with Crippen LogP contribution >= 0.6 is 0 Å². The highest BCUT2D eigenvalue weighted by molar-refractivity contribution is 5.97. The Hall–Kier alpha value is -3.37. The van der Waals surface area contributed by atoms with Crippen molar-refractivity contribution >= 4 is 5.78 Å². The van der Waals surface area contributed by atoms with Crippen molar-refractivity contribution in [3.63, 3.8) is 0 Å². The first kappa shape index (κ1) is 25.3. The number of nitrogens with zero attached hydrogens (tertiary/aromatic N) is 7. The summed E-state index contributed by atoms with van der Waals surface area (Å²) in [6.45, 7) is 4.86. The molecular weight excluding hydrogens is 436 g/mol. The Labute approximate surface area is 199 Å². The fraction of sp³-hybridized carbons (Fsp3) is 0.609. The number of aromatic hydroxyl groups is 1. The first-order valence-corrected chi connectivity index (χ1v) is 12.1. The minimum absolute atomic E-state index is 0.0551. The molecule has 0 bridgehead atoms. The monoisotopic (exact) mass is 470 g/mol. The third kappa shape index (κ3) is 7.32. The highest BCUT2D eigenvalue weighted by Crippen LogP contribution is 2.33. The normalized spacial score (nSPS) is 11.1. The van der Waals surface area contributed by atoms with E-state index in [-0.39, 0.29) is 11.5 Å². The predicted octanol–water partition coefficient (Wildman–Crippen LogP) is 3.25. The number of phenolic OH excluding ortho intramolecular Hbond substituents is 1. The van der Waals surface area contributed by atoms with Gasteiger partial charge in [0.25, 0.3) is 0 Å². The van der Waals surface area contributed by atoms with Crippen molar-refractivity contribution in [2.45, 2.75) is 84.6 Å². The number of nitrogens with one attached hydrogen (secondary N) is 1. The highest BCUT2D eigenvalue weighted by Gasteiger charge is 2.15. The lowest BCUT2D eigenvalue weighted by molar-refractivity contribution is 0.101. The number of hydrogen-bond acceptors (Lipinski definition) is 9. The quantitative estimate of drug-likeness (QED) is 0.238. The first-order valence-electron chi connectivity index (χ1n) is 12.1. The topological polar surface area (TPSA) is 145 Å². The Kier molecular flexibility index (Phi) is 9.93. The van der Waals surface area contributed by atoms with Crippen LogP contribution in [0.2, 0.25) is 0 Å². The standard InChI is InChI=1S/C23H34N8O3/c1-3-10-19-20(14-13-18(17(2)32)23(19)33)34-16-9-5-4-6-12-22-26-29-30-31(22)15-8-7-11-21-24-27-28-25-21/h13-14,33H,3-12,15-16H2,1-2H3,(H,24,25,27,28). The third-order valence-electron chi connectivity index (χ3n) is 5.70. The Balaban J connectivity index is 1.33. The van der Waals surface area contributed by atoms with Crippen LogP contribution in [-0.2, 0) is 25.8 Å². The number of ketones is 1. The number of carbonyl (C=O) groups excluding carboxylic acids is 1. The number of rotatable bonds is 16. The van der Waals surface area contributed by atoms with Gasteiger partial charge in [0.05, 0.1) is 12.2 Å². The van der Waals surface area contributed by atoms with Crippen LogP contribution in [0.5, 0.6) is 11.5 Å². The summed E-state index contributed by atoms with van der Waals surface area (Å²) in [5.41, 5.74) is 1.07. The molecule has 2 heterocycles. The Morgan fingerprint density at radius 3 is 2.62 bits per heavy atom. The third-order valence-corrected chi connectivity index (χ3v) is 5.70. The van der Waals surface area contributed by atoms with Crippen LogP contribution in [0.1, 0.15) is 86.4 Å². The second kappa shape index (κ2) is 13.4. The van der Waals surface area contributed by atoms with Gasteiger partial charge in [0, 0.05) is 24.9 Å². The number of aromatic nitrogens is 8. The van der Waals surface area contributed by atoms with Crippen molar-refractivity contribution in [2.24, 2.45) is 0 Å². The fourth-order valence-electron chi connectivity index (χ4n) is 3.86. The van der Waals surface area contributed by atoms with E-state index in [1.54, 1.807) is 12.1 Å². The Bertz CT molecular complexity index is 1020. The molecule has 0 aliphatic rings. The maximum Gasteiger partial charge on any atom is 0.163 e. The van der Waals surface area contributed by atoms with Crippen LogP contribution in [0.4, 0.5) is 0 Å². The molecular formula is C23H34N8O3. The summed E-state index contributed by atoms with van der Waals surface area (Å²) in [5.74, 6) is 2.30. The van der Waals surface area contributed by atoms with Crippen LogP contribution in [0, 0.1) is 0 Å². The summed E-state index contributed by atoms with van der Waals surface area (Å²) in [5, 5.41) is 36.3. The highest BCUT2D eigenvalue weighted by atomic mass is 16.5. The number of benzene rings is 1. The summed E-state index contributed by atoms with van der Waals surface area (Å²) >= 11 is 0. The SMILES string of the molecule is CCCc1c(OCCCCCCc2nnnn2CCCCc2nnn[nH]2)ccc(C(C)=O)c1O. The van der Waals surface area contributed by atoms with Gasteiger partial charge in [0.2, 0.25) is 0 Å². The maximum atomic E-state index is 11.7. The average molecular weight is 471 g/mol. The Morgan fingerprint density at radius 1 is 1.03 bits per heavy atom. The molecule has 0 radical (unpaired) electrons. The van der Waals surface area contributed by atoms with Crippen molar-refractivity contribution in [3.8, 4) is 11.5 Å². The summed E-state index contributed by atoms with van der Waals surface area (Å²) < 4.78 is 7.82. The molecule has 1 aromatic carbocycles. The number of hydrogen-bond donors (Lipinski definition) is 2. The van der Waals surface area contributed by atoms with Crippen LogP contribution in [0.25, 0.3) is 0 Å². The Morgan fingerprint density at radius 2 is 1.85 bits per heavy atom. The summed E-state index contributed by atoms with van der Waals surface area (Å²) in [7, 11) is 0. The van der Waals surface area contributed by atoms with E-state index in [1.807, 2.05) is 11.6 Å². The van der Waals surface area contributed by atoms with Gasteiger partial charge >= 0.3 is 0 Å². The molecule has 3 rings (SSSR count). The van der Waals surface area contributed by atoms with E-state index in [9.17, 15) is 9.90 Å². The predicted molar refractivity (Wildman–Crippen MR) is 125 cm³/mol. The number of carbonyl (C=O) groups is 1. The number of phenols is 1. The minimum Gasteiger partial charge on any atom is -0.507 e. The first-order chi connectivity index (χ1) is 16.6. The molecule has 0 saturated carbocycles. The van der Waals surface area contributed by atoms with E-state index in [1.165, 1.54) is 6.92 Å². The van der Waals surface area contributed by atoms with E-state index in [0.717, 1.165) is 81.5 Å². The molecule has 0 aliphatic heterocycles. The van der Waals surface area contributed by atoms with Crippen molar-refractivity contribution < 1.29 is 14.6 Å². The van der Waals surface area contributed by atoms with Gasteiger partial charge in [-0.2, -0.15) is 0 Å². The van der Waals surface area contributed by atoms with Crippen molar-refractivity contribution in [3.05, 3.63) is 34.9 Å². The van der Waals surface area contributed by atoms with E-state index < -0.39 is 0 Å². The zero-order chi connectivity index (χ0) is 24.2. The van der Waals surface area contributed by atoms with Gasteiger partial charge in [-0.3, -0.25) is 4.79 Å². The molecule has 11 nitrogen and oxygen atoms in total. The lowest BCUT2D eigenvalue weighted by Gasteiger charge is -2.14. The number of H-pyrrole nitrogens is 1.